The third-order valence-corrected chi connectivity index (χ3v) is 1.12. The predicted octanol–water partition coefficient (Wildman–Crippen LogP) is 1.05. The molecule has 0 saturated carbocycles. The van der Waals surface area contributed by atoms with Crippen LogP contribution in [0.4, 0.5) is 0 Å². The van der Waals surface area contributed by atoms with Gasteiger partial charge in [0.25, 0.3) is 0 Å². The fourth-order valence-corrected chi connectivity index (χ4v) is 0.446. The van der Waals surface area contributed by atoms with Gasteiger partial charge >= 0.3 is 0 Å². The first kappa shape index (κ1) is 13.6. The molecule has 1 N–H and O–H groups in total. The maximum Gasteiger partial charge on any atom is 0.156 e. The standard InChI is InChI=1S/C7H12O3.Zr/c1-5(8)4-7(9)6(2)10-3;/h4,6,9H,1-3H3;/b7-4-;. The SMILES string of the molecule is COC(C)/C(O)=C/C(C)=O.[Zr]. The molecule has 0 rings (SSSR count). The second-order valence-corrected chi connectivity index (χ2v) is 2.06. The molecule has 0 aliphatic carbocycles. The summed E-state index contributed by atoms with van der Waals surface area (Å²) >= 11 is 0. The van der Waals surface area contributed by atoms with E-state index in [0.717, 1.165) is 6.08 Å². The summed E-state index contributed by atoms with van der Waals surface area (Å²) in [5.41, 5.74) is 0. The molecule has 0 amide bonds. The largest absolute Gasteiger partial charge is 0.509 e. The molecule has 62 valence electrons. The van der Waals surface area contributed by atoms with Gasteiger partial charge in [0.1, 0.15) is 11.9 Å². The number of hydrogen-bond donors (Lipinski definition) is 1. The molecule has 0 aliphatic rings. The van der Waals surface area contributed by atoms with Crippen LogP contribution in [0.25, 0.3) is 0 Å². The second kappa shape index (κ2) is 6.74. The molecule has 0 aromatic rings. The Morgan fingerprint density at radius 2 is 2.09 bits per heavy atom. The van der Waals surface area contributed by atoms with Crippen molar-refractivity contribution in [2.75, 3.05) is 7.11 Å². The Morgan fingerprint density at radius 1 is 1.64 bits per heavy atom. The van der Waals surface area contributed by atoms with Crippen molar-refractivity contribution in [2.45, 2.75) is 20.0 Å². The quantitative estimate of drug-likeness (QED) is 0.587. The van der Waals surface area contributed by atoms with E-state index in [4.69, 9.17) is 9.84 Å². The summed E-state index contributed by atoms with van der Waals surface area (Å²) in [6.07, 6.45) is 0.748. The van der Waals surface area contributed by atoms with E-state index >= 15 is 0 Å². The predicted molar refractivity (Wildman–Crippen MR) is 37.9 cm³/mol. The Labute approximate surface area is 85.6 Å². The molecule has 1 unspecified atom stereocenters. The first-order valence-electron chi connectivity index (χ1n) is 3.02. The third kappa shape index (κ3) is 6.45. The van der Waals surface area contributed by atoms with Crippen LogP contribution in [-0.4, -0.2) is 24.1 Å². The molecular weight excluding hydrogens is 223 g/mol. The van der Waals surface area contributed by atoms with Gasteiger partial charge in [0, 0.05) is 39.4 Å². The summed E-state index contributed by atoms with van der Waals surface area (Å²) in [6.45, 7) is 3.04. The van der Waals surface area contributed by atoms with Gasteiger partial charge in [0.15, 0.2) is 5.78 Å². The van der Waals surface area contributed by atoms with Crippen LogP contribution in [0.3, 0.4) is 0 Å². The molecule has 3 nitrogen and oxygen atoms in total. The number of methoxy groups -OCH3 is 1. The summed E-state index contributed by atoms with van der Waals surface area (Å²) in [6, 6.07) is 0. The summed E-state index contributed by atoms with van der Waals surface area (Å²) in [5, 5.41) is 9.00. The van der Waals surface area contributed by atoms with Crippen molar-refractivity contribution >= 4 is 5.78 Å². The minimum absolute atomic E-state index is 0. The number of aliphatic hydroxyl groups is 1. The smallest absolute Gasteiger partial charge is 0.156 e. The molecule has 4 heteroatoms. The molecule has 0 bridgehead atoms. The summed E-state index contributed by atoms with van der Waals surface area (Å²) < 4.78 is 4.74. The molecule has 0 saturated heterocycles. The van der Waals surface area contributed by atoms with Crippen molar-refractivity contribution in [1.82, 2.24) is 0 Å². The Balaban J connectivity index is 0. The van der Waals surface area contributed by atoms with E-state index in [0.29, 0.717) is 0 Å². The monoisotopic (exact) mass is 234 g/mol. The van der Waals surface area contributed by atoms with Crippen molar-refractivity contribution < 1.29 is 40.8 Å². The van der Waals surface area contributed by atoms with Crippen LogP contribution in [0.1, 0.15) is 13.8 Å². The van der Waals surface area contributed by atoms with E-state index < -0.39 is 6.10 Å². The van der Waals surface area contributed by atoms with Crippen LogP contribution in [0.5, 0.6) is 0 Å². The van der Waals surface area contributed by atoms with E-state index in [9.17, 15) is 4.79 Å². The number of allylic oxidation sites excluding steroid dienone is 1. The fraction of sp³-hybridized carbons (Fsp3) is 0.571. The average Bonchev–Trinajstić information content (AvgIpc) is 1.85. The Hall–Kier alpha value is 0.0531. The number of carbonyl (C=O) groups is 1. The Kier molecular flexibility index (Phi) is 8.36. The zero-order valence-electron chi connectivity index (χ0n) is 6.92. The van der Waals surface area contributed by atoms with E-state index in [2.05, 4.69) is 0 Å². The van der Waals surface area contributed by atoms with Gasteiger partial charge in [0.2, 0.25) is 0 Å². The Bertz CT molecular complexity index is 154. The number of ketones is 1. The summed E-state index contributed by atoms with van der Waals surface area (Å²) in [4.78, 5) is 10.4. The fourth-order valence-electron chi connectivity index (χ4n) is 0.446. The van der Waals surface area contributed by atoms with E-state index in [1.807, 2.05) is 0 Å². The van der Waals surface area contributed by atoms with Gasteiger partial charge in [-0.15, -0.1) is 0 Å². The van der Waals surface area contributed by atoms with Crippen LogP contribution < -0.4 is 0 Å². The number of ether oxygens (including phenoxy) is 1. The van der Waals surface area contributed by atoms with E-state index in [1.165, 1.54) is 14.0 Å². The average molecular weight is 235 g/mol. The molecule has 11 heavy (non-hydrogen) atoms. The maximum atomic E-state index is 10.4. The number of rotatable bonds is 3. The minimum Gasteiger partial charge on any atom is -0.509 e. The topological polar surface area (TPSA) is 46.5 Å². The number of carbonyl (C=O) groups excluding carboxylic acids is 1. The van der Waals surface area contributed by atoms with Gasteiger partial charge in [-0.3, -0.25) is 4.79 Å². The molecule has 0 aromatic heterocycles. The minimum atomic E-state index is -0.399. The van der Waals surface area contributed by atoms with Gasteiger partial charge in [-0.2, -0.15) is 0 Å². The molecule has 0 aromatic carbocycles. The van der Waals surface area contributed by atoms with Gasteiger partial charge < -0.3 is 9.84 Å². The number of aliphatic hydroxyl groups excluding tert-OH is 1. The molecule has 0 heterocycles. The molecule has 0 spiro atoms. The van der Waals surface area contributed by atoms with E-state index in [-0.39, 0.29) is 37.7 Å². The van der Waals surface area contributed by atoms with Gasteiger partial charge in [-0.1, -0.05) is 0 Å². The Morgan fingerprint density at radius 3 is 2.36 bits per heavy atom. The van der Waals surface area contributed by atoms with Gasteiger partial charge in [-0.05, 0) is 13.8 Å². The van der Waals surface area contributed by atoms with Crippen molar-refractivity contribution in [3.05, 3.63) is 11.8 Å². The maximum absolute atomic E-state index is 10.4. The van der Waals surface area contributed by atoms with Gasteiger partial charge in [-0.25, -0.2) is 0 Å². The van der Waals surface area contributed by atoms with E-state index in [1.54, 1.807) is 6.92 Å². The molecule has 0 radical (unpaired) electrons. The van der Waals surface area contributed by atoms with Crippen molar-refractivity contribution in [3.8, 4) is 0 Å². The molecule has 0 fully saturated rings. The number of hydrogen-bond acceptors (Lipinski definition) is 3. The first-order valence-corrected chi connectivity index (χ1v) is 3.02. The van der Waals surface area contributed by atoms with Crippen molar-refractivity contribution in [2.24, 2.45) is 0 Å². The van der Waals surface area contributed by atoms with Crippen molar-refractivity contribution in [1.29, 1.82) is 0 Å². The van der Waals surface area contributed by atoms with Crippen molar-refractivity contribution in [3.63, 3.8) is 0 Å². The van der Waals surface area contributed by atoms with Gasteiger partial charge in [0.05, 0.1) is 0 Å². The van der Waals surface area contributed by atoms with Crippen LogP contribution in [0.15, 0.2) is 11.8 Å². The zero-order chi connectivity index (χ0) is 8.15. The zero-order valence-corrected chi connectivity index (χ0v) is 9.38. The van der Waals surface area contributed by atoms with Crippen LogP contribution in [-0.2, 0) is 35.7 Å². The third-order valence-electron chi connectivity index (χ3n) is 1.12. The van der Waals surface area contributed by atoms with Crippen LogP contribution in [0, 0.1) is 0 Å². The molecular formula is C7H12O3Zr. The normalized spacial score (nSPS) is 13.5. The molecule has 1 atom stereocenters. The van der Waals surface area contributed by atoms with Crippen LogP contribution in [0.2, 0.25) is 0 Å². The van der Waals surface area contributed by atoms with Crippen LogP contribution >= 0.6 is 0 Å². The first-order chi connectivity index (χ1) is 4.57. The summed E-state index contributed by atoms with van der Waals surface area (Å²) in [5.74, 6) is -0.212. The summed E-state index contributed by atoms with van der Waals surface area (Å²) in [7, 11) is 1.47. The molecule has 0 aliphatic heterocycles. The second-order valence-electron chi connectivity index (χ2n) is 2.06.